The van der Waals surface area contributed by atoms with Crippen molar-refractivity contribution < 1.29 is 9.53 Å². The number of ether oxygens (including phenoxy) is 1. The second kappa shape index (κ2) is 9.32. The van der Waals surface area contributed by atoms with Crippen molar-refractivity contribution in [2.24, 2.45) is 5.14 Å². The summed E-state index contributed by atoms with van der Waals surface area (Å²) < 4.78 is 5.68. The molecule has 7 nitrogen and oxygen atoms in total. The van der Waals surface area contributed by atoms with Crippen LogP contribution in [0.4, 0.5) is 17.2 Å². The third kappa shape index (κ3) is 4.67. The van der Waals surface area contributed by atoms with Gasteiger partial charge in [-0.2, -0.15) is 0 Å². The lowest BCUT2D eigenvalue weighted by atomic mass is 10.0. The van der Waals surface area contributed by atoms with Crippen molar-refractivity contribution in [3.05, 3.63) is 90.9 Å². The van der Waals surface area contributed by atoms with Crippen LogP contribution in [0.25, 0.3) is 11.1 Å². The van der Waals surface area contributed by atoms with Crippen LogP contribution in [0, 0.1) is 0 Å². The SMILES string of the molecule is NSc1cccc(Nc2cc(-c3ccc4c(c3)N(Cc3ccncc3)C(=O)CO4)ccn2)c1. The summed E-state index contributed by atoms with van der Waals surface area (Å²) >= 11 is 1.20. The number of benzene rings is 2. The molecule has 0 unspecified atom stereocenters. The van der Waals surface area contributed by atoms with Crippen molar-refractivity contribution in [1.82, 2.24) is 9.97 Å². The van der Waals surface area contributed by atoms with Crippen LogP contribution < -0.4 is 20.1 Å². The molecule has 0 fully saturated rings. The van der Waals surface area contributed by atoms with Gasteiger partial charge in [-0.05, 0) is 83.2 Å². The number of nitrogens with one attached hydrogen (secondary N) is 1. The number of rotatable bonds is 6. The summed E-state index contributed by atoms with van der Waals surface area (Å²) in [4.78, 5) is 23.9. The van der Waals surface area contributed by atoms with E-state index >= 15 is 0 Å². The second-order valence-electron chi connectivity index (χ2n) is 7.51. The molecule has 4 aromatic rings. The Morgan fingerprint density at radius 3 is 2.70 bits per heavy atom. The maximum atomic E-state index is 12.7. The zero-order chi connectivity index (χ0) is 22.6. The highest BCUT2D eigenvalue weighted by Gasteiger charge is 2.26. The van der Waals surface area contributed by atoms with Crippen LogP contribution in [0.2, 0.25) is 0 Å². The zero-order valence-corrected chi connectivity index (χ0v) is 18.5. The summed E-state index contributed by atoms with van der Waals surface area (Å²) in [5, 5.41) is 8.99. The first-order valence-corrected chi connectivity index (χ1v) is 11.2. The number of anilines is 3. The minimum absolute atomic E-state index is 0.0287. The van der Waals surface area contributed by atoms with Crippen LogP contribution in [0.5, 0.6) is 5.75 Å². The summed E-state index contributed by atoms with van der Waals surface area (Å²) in [6, 6.07) is 21.4. The fraction of sp³-hybridized carbons (Fsp3) is 0.0800. The van der Waals surface area contributed by atoms with Crippen molar-refractivity contribution in [2.45, 2.75) is 11.4 Å². The third-order valence-corrected chi connectivity index (χ3v) is 5.85. The lowest BCUT2D eigenvalue weighted by Crippen LogP contribution is -2.38. The van der Waals surface area contributed by atoms with Crippen LogP contribution in [-0.4, -0.2) is 22.5 Å². The van der Waals surface area contributed by atoms with E-state index in [2.05, 4.69) is 15.3 Å². The smallest absolute Gasteiger partial charge is 0.265 e. The fourth-order valence-electron chi connectivity index (χ4n) is 3.70. The zero-order valence-electron chi connectivity index (χ0n) is 17.6. The minimum Gasteiger partial charge on any atom is -0.482 e. The number of fused-ring (bicyclic) bond motifs is 1. The van der Waals surface area contributed by atoms with Crippen molar-refractivity contribution in [2.75, 3.05) is 16.8 Å². The Hall–Kier alpha value is -3.88. The van der Waals surface area contributed by atoms with Gasteiger partial charge >= 0.3 is 0 Å². The van der Waals surface area contributed by atoms with Crippen molar-refractivity contribution >= 4 is 35.0 Å². The van der Waals surface area contributed by atoms with Gasteiger partial charge in [0.05, 0.1) is 12.2 Å². The fourth-order valence-corrected chi connectivity index (χ4v) is 4.05. The average Bonchev–Trinajstić information content (AvgIpc) is 2.86. The van der Waals surface area contributed by atoms with Gasteiger partial charge in [0.2, 0.25) is 0 Å². The molecule has 0 bridgehead atoms. The molecule has 0 aliphatic carbocycles. The molecule has 1 aliphatic heterocycles. The van der Waals surface area contributed by atoms with Crippen LogP contribution in [0.3, 0.4) is 0 Å². The normalized spacial score (nSPS) is 12.8. The lowest BCUT2D eigenvalue weighted by molar-refractivity contribution is -0.121. The van der Waals surface area contributed by atoms with E-state index in [4.69, 9.17) is 9.88 Å². The van der Waals surface area contributed by atoms with E-state index in [1.165, 1.54) is 11.9 Å². The first kappa shape index (κ1) is 21.0. The first-order chi connectivity index (χ1) is 16.2. The minimum atomic E-state index is -0.0776. The molecule has 3 N–H and O–H groups in total. The molecule has 2 aromatic heterocycles. The monoisotopic (exact) mass is 455 g/mol. The van der Waals surface area contributed by atoms with Crippen LogP contribution >= 0.6 is 11.9 Å². The molecule has 2 aromatic carbocycles. The van der Waals surface area contributed by atoms with Crippen LogP contribution in [-0.2, 0) is 11.3 Å². The van der Waals surface area contributed by atoms with Gasteiger partial charge in [-0.25, -0.2) is 4.98 Å². The molecular weight excluding hydrogens is 434 g/mol. The van der Waals surface area contributed by atoms with Crippen molar-refractivity contribution in [3.63, 3.8) is 0 Å². The molecule has 0 saturated heterocycles. The molecular formula is C25H21N5O2S. The molecule has 0 saturated carbocycles. The van der Waals surface area contributed by atoms with Gasteiger partial charge in [0, 0.05) is 29.2 Å². The predicted octanol–water partition coefficient (Wildman–Crippen LogP) is 4.78. The molecule has 164 valence electrons. The largest absolute Gasteiger partial charge is 0.482 e. The summed E-state index contributed by atoms with van der Waals surface area (Å²) in [6.45, 7) is 0.487. The number of aromatic nitrogens is 2. The first-order valence-electron chi connectivity index (χ1n) is 10.4. The topological polar surface area (TPSA) is 93.4 Å². The van der Waals surface area contributed by atoms with E-state index in [0.29, 0.717) is 18.1 Å². The molecule has 0 radical (unpaired) electrons. The molecule has 1 aliphatic rings. The molecule has 3 heterocycles. The Morgan fingerprint density at radius 2 is 1.85 bits per heavy atom. The van der Waals surface area contributed by atoms with E-state index in [1.807, 2.05) is 66.7 Å². The Labute approximate surface area is 195 Å². The number of carbonyl (C=O) groups is 1. The van der Waals surface area contributed by atoms with Gasteiger partial charge in [0.15, 0.2) is 6.61 Å². The summed E-state index contributed by atoms with van der Waals surface area (Å²) in [6.07, 6.45) is 5.21. The second-order valence-corrected chi connectivity index (χ2v) is 8.21. The summed E-state index contributed by atoms with van der Waals surface area (Å²) in [5.41, 5.74) is 4.59. The Kier molecular flexibility index (Phi) is 5.93. The van der Waals surface area contributed by atoms with Crippen LogP contribution in [0.15, 0.2) is 90.2 Å². The Balaban J connectivity index is 1.45. The number of hydrogen-bond donors (Lipinski definition) is 2. The van der Waals surface area contributed by atoms with E-state index in [1.54, 1.807) is 23.5 Å². The number of hydrogen-bond acceptors (Lipinski definition) is 7. The number of nitrogens with two attached hydrogens (primary N) is 1. The summed E-state index contributed by atoms with van der Waals surface area (Å²) in [7, 11) is 0. The quantitative estimate of drug-likeness (QED) is 0.404. The van der Waals surface area contributed by atoms with Gasteiger partial charge in [-0.15, -0.1) is 0 Å². The van der Waals surface area contributed by atoms with Gasteiger partial charge in [-0.3, -0.25) is 14.9 Å². The summed E-state index contributed by atoms with van der Waals surface area (Å²) in [5.74, 6) is 1.33. The lowest BCUT2D eigenvalue weighted by Gasteiger charge is -2.30. The highest BCUT2D eigenvalue weighted by Crippen LogP contribution is 2.37. The molecule has 1 amide bonds. The van der Waals surface area contributed by atoms with Gasteiger partial charge in [0.25, 0.3) is 5.91 Å². The highest BCUT2D eigenvalue weighted by atomic mass is 32.2. The Bertz CT molecular complexity index is 1300. The molecule has 0 atom stereocenters. The number of nitrogens with zero attached hydrogens (tertiary/aromatic N) is 3. The maximum Gasteiger partial charge on any atom is 0.265 e. The third-order valence-electron chi connectivity index (χ3n) is 5.33. The van der Waals surface area contributed by atoms with E-state index in [-0.39, 0.29) is 12.5 Å². The van der Waals surface area contributed by atoms with E-state index in [0.717, 1.165) is 33.0 Å². The number of pyridine rings is 2. The average molecular weight is 456 g/mol. The molecule has 8 heteroatoms. The van der Waals surface area contributed by atoms with E-state index < -0.39 is 0 Å². The van der Waals surface area contributed by atoms with Crippen LogP contribution in [0.1, 0.15) is 5.56 Å². The molecule has 0 spiro atoms. The number of amides is 1. The maximum absolute atomic E-state index is 12.7. The number of carbonyl (C=O) groups excluding carboxylic acids is 1. The van der Waals surface area contributed by atoms with E-state index in [9.17, 15) is 4.79 Å². The molecule has 33 heavy (non-hydrogen) atoms. The highest BCUT2D eigenvalue weighted by molar-refractivity contribution is 7.97. The van der Waals surface area contributed by atoms with Crippen molar-refractivity contribution in [1.29, 1.82) is 0 Å². The standard InChI is InChI=1S/C25H21N5O2S/c26-33-21-3-1-2-20(14-21)29-24-13-19(8-11-28-24)18-4-5-23-22(12-18)30(25(31)16-32-23)15-17-6-9-27-10-7-17/h1-14H,15-16,26H2,(H,28,29). The van der Waals surface area contributed by atoms with Gasteiger partial charge in [0.1, 0.15) is 11.6 Å². The van der Waals surface area contributed by atoms with Crippen molar-refractivity contribution in [3.8, 4) is 16.9 Å². The molecule has 5 rings (SSSR count). The van der Waals surface area contributed by atoms with Gasteiger partial charge in [-0.1, -0.05) is 12.1 Å². The van der Waals surface area contributed by atoms with Gasteiger partial charge < -0.3 is 15.0 Å². The predicted molar refractivity (Wildman–Crippen MR) is 130 cm³/mol. The Morgan fingerprint density at radius 1 is 1.00 bits per heavy atom.